The Labute approximate surface area is 86.1 Å². The van der Waals surface area contributed by atoms with E-state index in [1.54, 1.807) is 12.2 Å². The van der Waals surface area contributed by atoms with Crippen LogP contribution in [0, 0.1) is 47.4 Å². The fraction of sp³-hybridized carbons (Fsp3) is 0.143. The molecule has 0 spiro atoms. The molecule has 0 fully saturated rings. The first-order chi connectivity index (χ1) is 6.91. The topological polar surface area (TPSA) is 0 Å². The molecule has 0 N–H and O–H groups in total. The molecule has 0 aromatic carbocycles. The number of allylic oxidation sites excluding steroid dienone is 3. The van der Waals surface area contributed by atoms with Crippen LogP contribution in [0.2, 0.25) is 0 Å². The summed E-state index contributed by atoms with van der Waals surface area (Å²) in [6, 6.07) is 0. The van der Waals surface area contributed by atoms with Gasteiger partial charge in [0.15, 0.2) is 0 Å². The van der Waals surface area contributed by atoms with Crippen LogP contribution in [0.1, 0.15) is 13.3 Å². The summed E-state index contributed by atoms with van der Waals surface area (Å²) in [5.74, 6) is 21.1. The summed E-state index contributed by atoms with van der Waals surface area (Å²) < 4.78 is 0. The molecule has 66 valence electrons. The zero-order valence-electron chi connectivity index (χ0n) is 8.15. The molecule has 14 heavy (non-hydrogen) atoms. The van der Waals surface area contributed by atoms with Crippen molar-refractivity contribution in [1.82, 2.24) is 0 Å². The van der Waals surface area contributed by atoms with Crippen LogP contribution >= 0.6 is 0 Å². The second-order valence-electron chi connectivity index (χ2n) is 2.06. The minimum atomic E-state index is 0.656. The molecule has 0 bridgehead atoms. The van der Waals surface area contributed by atoms with Gasteiger partial charge >= 0.3 is 0 Å². The van der Waals surface area contributed by atoms with E-state index in [1.165, 1.54) is 0 Å². The van der Waals surface area contributed by atoms with Gasteiger partial charge in [-0.2, -0.15) is 0 Å². The molecular formula is C14H10. The molecule has 0 unspecified atom stereocenters. The summed E-state index contributed by atoms with van der Waals surface area (Å²) in [6.07, 6.45) is 5.96. The molecule has 0 aromatic rings. The zero-order valence-corrected chi connectivity index (χ0v) is 8.15. The van der Waals surface area contributed by atoms with Crippen molar-refractivity contribution in [3.63, 3.8) is 0 Å². The molecule has 0 nitrogen and oxygen atoms in total. The predicted octanol–water partition coefficient (Wildman–Crippen LogP) is 2.15. The van der Waals surface area contributed by atoms with E-state index in [2.05, 4.69) is 53.9 Å². The third kappa shape index (κ3) is 9.72. The minimum absolute atomic E-state index is 0.656. The first-order valence-electron chi connectivity index (χ1n) is 4.12. The van der Waals surface area contributed by atoms with Crippen molar-refractivity contribution in [3.05, 3.63) is 24.8 Å². The number of rotatable bonds is 1. The van der Waals surface area contributed by atoms with Crippen LogP contribution in [0.25, 0.3) is 0 Å². The molecule has 0 heteroatoms. The molecule has 0 amide bonds. The van der Waals surface area contributed by atoms with Gasteiger partial charge < -0.3 is 0 Å². The summed E-state index contributed by atoms with van der Waals surface area (Å²) in [7, 11) is 0. The van der Waals surface area contributed by atoms with Crippen molar-refractivity contribution in [1.29, 1.82) is 0 Å². The highest BCUT2D eigenvalue weighted by atomic mass is 13.6. The molecule has 0 saturated carbocycles. The maximum atomic E-state index is 3.53. The van der Waals surface area contributed by atoms with E-state index in [0.29, 0.717) is 6.42 Å². The number of hydrogen-bond donors (Lipinski definition) is 0. The Bertz CT molecular complexity index is 431. The highest BCUT2D eigenvalue weighted by Gasteiger charge is 1.60. The average Bonchev–Trinajstić information content (AvgIpc) is 2.21. The van der Waals surface area contributed by atoms with Crippen LogP contribution in [0.4, 0.5) is 0 Å². The highest BCUT2D eigenvalue weighted by Crippen LogP contribution is 1.71. The maximum absolute atomic E-state index is 3.53. The van der Waals surface area contributed by atoms with Crippen LogP contribution in [0.15, 0.2) is 24.8 Å². The van der Waals surface area contributed by atoms with Gasteiger partial charge in [0.25, 0.3) is 0 Å². The molecule has 0 aliphatic rings. The van der Waals surface area contributed by atoms with E-state index in [0.717, 1.165) is 0 Å². The van der Waals surface area contributed by atoms with E-state index in [4.69, 9.17) is 0 Å². The van der Waals surface area contributed by atoms with Gasteiger partial charge in [-0.3, -0.25) is 0 Å². The Morgan fingerprint density at radius 3 is 2.29 bits per heavy atom. The minimum Gasteiger partial charge on any atom is -0.102 e. The van der Waals surface area contributed by atoms with Crippen molar-refractivity contribution in [3.8, 4) is 47.4 Å². The van der Waals surface area contributed by atoms with Gasteiger partial charge in [-0.1, -0.05) is 24.0 Å². The summed E-state index contributed by atoms with van der Waals surface area (Å²) in [6.45, 7) is 5.43. The standard InChI is InChI=1S/C14H10/c1-3-5-7-9-11-13-14-12-10-8-6-4-2/h3-4,6H,1,5H2,2H3. The first-order valence-corrected chi connectivity index (χ1v) is 4.12. The molecule has 0 aromatic heterocycles. The van der Waals surface area contributed by atoms with Gasteiger partial charge in [-0.15, -0.1) is 6.58 Å². The molecule has 0 atom stereocenters. The van der Waals surface area contributed by atoms with Gasteiger partial charge in [0.2, 0.25) is 0 Å². The number of hydrogen-bond acceptors (Lipinski definition) is 0. The fourth-order valence-electron chi connectivity index (χ4n) is 0.453. The Hall–Kier alpha value is -2.28. The van der Waals surface area contributed by atoms with Crippen molar-refractivity contribution in [2.45, 2.75) is 13.3 Å². The predicted molar refractivity (Wildman–Crippen MR) is 60.7 cm³/mol. The van der Waals surface area contributed by atoms with Gasteiger partial charge in [-0.25, -0.2) is 0 Å². The summed E-state index contributed by atoms with van der Waals surface area (Å²) in [5, 5.41) is 0. The van der Waals surface area contributed by atoms with Crippen molar-refractivity contribution in [2.24, 2.45) is 0 Å². The normalized spacial score (nSPS) is 6.36. The summed E-state index contributed by atoms with van der Waals surface area (Å²) in [5.41, 5.74) is 0. The second-order valence-corrected chi connectivity index (χ2v) is 2.06. The first kappa shape index (κ1) is 11.7. The van der Waals surface area contributed by atoms with E-state index in [-0.39, 0.29) is 0 Å². The van der Waals surface area contributed by atoms with Crippen LogP contribution in [0.3, 0.4) is 0 Å². The lowest BCUT2D eigenvalue weighted by Crippen LogP contribution is -1.56. The van der Waals surface area contributed by atoms with Gasteiger partial charge in [0.05, 0.1) is 0 Å². The van der Waals surface area contributed by atoms with E-state index in [9.17, 15) is 0 Å². The second kappa shape index (κ2) is 10.7. The molecule has 0 aliphatic heterocycles. The Kier molecular flexibility index (Phi) is 8.97. The van der Waals surface area contributed by atoms with Crippen LogP contribution in [-0.4, -0.2) is 0 Å². The quantitative estimate of drug-likeness (QED) is 0.426. The van der Waals surface area contributed by atoms with Gasteiger partial charge in [0, 0.05) is 6.42 Å². The van der Waals surface area contributed by atoms with Crippen LogP contribution in [-0.2, 0) is 0 Å². The molecular weight excluding hydrogens is 168 g/mol. The fourth-order valence-corrected chi connectivity index (χ4v) is 0.453. The Morgan fingerprint density at radius 2 is 1.64 bits per heavy atom. The summed E-state index contributed by atoms with van der Waals surface area (Å²) in [4.78, 5) is 0. The van der Waals surface area contributed by atoms with Crippen LogP contribution in [0.5, 0.6) is 0 Å². The third-order valence-corrected chi connectivity index (χ3v) is 0.969. The van der Waals surface area contributed by atoms with E-state index >= 15 is 0 Å². The molecule has 0 rings (SSSR count). The molecule has 0 radical (unpaired) electrons. The van der Waals surface area contributed by atoms with E-state index in [1.807, 2.05) is 13.0 Å². The average molecular weight is 178 g/mol. The van der Waals surface area contributed by atoms with Gasteiger partial charge in [0.1, 0.15) is 0 Å². The SMILES string of the molecule is C=CCC#CC#CC#CC#CC=CC. The van der Waals surface area contributed by atoms with Crippen molar-refractivity contribution >= 4 is 0 Å². The van der Waals surface area contributed by atoms with Gasteiger partial charge in [-0.05, 0) is 48.5 Å². The lowest BCUT2D eigenvalue weighted by Gasteiger charge is -1.64. The lowest BCUT2D eigenvalue weighted by molar-refractivity contribution is 1.49. The third-order valence-electron chi connectivity index (χ3n) is 0.969. The van der Waals surface area contributed by atoms with Crippen molar-refractivity contribution < 1.29 is 0 Å². The maximum Gasteiger partial charge on any atom is 0.0277 e. The van der Waals surface area contributed by atoms with Crippen molar-refractivity contribution in [2.75, 3.05) is 0 Å². The largest absolute Gasteiger partial charge is 0.102 e. The summed E-state index contributed by atoms with van der Waals surface area (Å²) >= 11 is 0. The smallest absolute Gasteiger partial charge is 0.0277 e. The molecule has 0 heterocycles. The van der Waals surface area contributed by atoms with Crippen LogP contribution < -0.4 is 0 Å². The molecule has 0 aliphatic carbocycles. The lowest BCUT2D eigenvalue weighted by atomic mass is 10.4. The zero-order chi connectivity index (χ0) is 10.5. The molecule has 0 saturated heterocycles. The highest BCUT2D eigenvalue weighted by molar-refractivity contribution is 5.41. The monoisotopic (exact) mass is 178 g/mol. The Morgan fingerprint density at radius 1 is 1.00 bits per heavy atom. The van der Waals surface area contributed by atoms with E-state index < -0.39 is 0 Å². The Balaban J connectivity index is 4.00.